The summed E-state index contributed by atoms with van der Waals surface area (Å²) in [5, 5.41) is 25.0. The molecule has 0 aliphatic carbocycles. The van der Waals surface area contributed by atoms with Crippen molar-refractivity contribution >= 4 is 27.1 Å². The van der Waals surface area contributed by atoms with E-state index in [1.807, 2.05) is 0 Å². The maximum atomic E-state index is 12.7. The van der Waals surface area contributed by atoms with Gasteiger partial charge in [-0.1, -0.05) is 0 Å². The van der Waals surface area contributed by atoms with E-state index in [0.29, 0.717) is 22.9 Å². The molecule has 1 aromatic heterocycles. The van der Waals surface area contributed by atoms with Crippen molar-refractivity contribution in [2.75, 3.05) is 18.7 Å². The third-order valence-electron chi connectivity index (χ3n) is 4.08. The Hall–Kier alpha value is -3.87. The van der Waals surface area contributed by atoms with Gasteiger partial charge in [0.05, 0.1) is 16.9 Å². The first kappa shape index (κ1) is 20.9. The number of hydrogen-bond acceptors (Lipinski definition) is 9. The number of aromatic nitrogens is 4. The van der Waals surface area contributed by atoms with E-state index >= 15 is 0 Å². The van der Waals surface area contributed by atoms with Crippen LogP contribution in [0.1, 0.15) is 16.2 Å². The van der Waals surface area contributed by atoms with Crippen LogP contribution in [-0.2, 0) is 9.84 Å². The Bertz CT molecular complexity index is 1250. The molecule has 0 atom stereocenters. The summed E-state index contributed by atoms with van der Waals surface area (Å²) in [7, 11) is -2.30. The van der Waals surface area contributed by atoms with Crippen LogP contribution in [0, 0.1) is 17.0 Å². The molecule has 0 radical (unpaired) electrons. The molecule has 0 unspecified atom stereocenters. The van der Waals surface area contributed by atoms with Crippen LogP contribution in [0.25, 0.3) is 5.69 Å². The van der Waals surface area contributed by atoms with Crippen molar-refractivity contribution in [2.45, 2.75) is 11.8 Å². The van der Waals surface area contributed by atoms with Gasteiger partial charge in [0.15, 0.2) is 15.7 Å². The maximum Gasteiger partial charge on any atom is 0.271 e. The SMILES string of the molecule is COc1ccc(NC(=O)c2cc([N+](=O)[O-])cc(S(C)(=O)=O)c2)cc1-n1nnnc1C. The number of sulfone groups is 1. The van der Waals surface area contributed by atoms with Gasteiger partial charge in [0, 0.05) is 29.6 Å². The number of ether oxygens (including phenoxy) is 1. The minimum atomic E-state index is -3.76. The fourth-order valence-corrected chi connectivity index (χ4v) is 3.30. The Kier molecular flexibility index (Phi) is 5.47. The average molecular weight is 432 g/mol. The van der Waals surface area contributed by atoms with E-state index in [2.05, 4.69) is 20.8 Å². The van der Waals surface area contributed by atoms with Gasteiger partial charge < -0.3 is 10.1 Å². The van der Waals surface area contributed by atoms with Gasteiger partial charge in [0.1, 0.15) is 11.4 Å². The highest BCUT2D eigenvalue weighted by Crippen LogP contribution is 2.27. The molecule has 1 N–H and O–H groups in total. The molecule has 3 aromatic rings. The first-order chi connectivity index (χ1) is 14.1. The number of tetrazole rings is 1. The molecule has 0 spiro atoms. The van der Waals surface area contributed by atoms with E-state index in [0.717, 1.165) is 24.5 Å². The van der Waals surface area contributed by atoms with E-state index in [1.54, 1.807) is 25.1 Å². The van der Waals surface area contributed by atoms with Gasteiger partial charge in [0.25, 0.3) is 11.6 Å². The Labute approximate surface area is 170 Å². The normalized spacial score (nSPS) is 11.2. The summed E-state index contributed by atoms with van der Waals surface area (Å²) in [6, 6.07) is 7.66. The van der Waals surface area contributed by atoms with E-state index in [9.17, 15) is 23.3 Å². The number of hydrogen-bond donors (Lipinski definition) is 1. The molecule has 30 heavy (non-hydrogen) atoms. The van der Waals surface area contributed by atoms with Gasteiger partial charge >= 0.3 is 0 Å². The van der Waals surface area contributed by atoms with E-state index < -0.39 is 26.4 Å². The molecule has 2 aromatic carbocycles. The zero-order valence-corrected chi connectivity index (χ0v) is 16.9. The predicted octanol–water partition coefficient (Wildman–Crippen LogP) is 1.54. The number of nitro groups is 1. The van der Waals surface area contributed by atoms with Crippen LogP contribution in [-0.4, -0.2) is 52.8 Å². The van der Waals surface area contributed by atoms with E-state index in [4.69, 9.17) is 4.74 Å². The van der Waals surface area contributed by atoms with Crippen molar-refractivity contribution < 1.29 is 22.9 Å². The molecule has 13 heteroatoms. The monoisotopic (exact) mass is 432 g/mol. The second-order valence-electron chi connectivity index (χ2n) is 6.22. The molecule has 0 bridgehead atoms. The third kappa shape index (κ3) is 4.25. The summed E-state index contributed by atoms with van der Waals surface area (Å²) in [4.78, 5) is 22.7. The topological polar surface area (TPSA) is 159 Å². The van der Waals surface area contributed by atoms with E-state index in [-0.39, 0.29) is 10.5 Å². The molecule has 12 nitrogen and oxygen atoms in total. The molecule has 0 aliphatic heterocycles. The highest BCUT2D eigenvalue weighted by Gasteiger charge is 2.20. The Morgan fingerprint density at radius 3 is 2.53 bits per heavy atom. The molecular weight excluding hydrogens is 416 g/mol. The van der Waals surface area contributed by atoms with Crippen LogP contribution in [0.4, 0.5) is 11.4 Å². The lowest BCUT2D eigenvalue weighted by molar-refractivity contribution is -0.385. The van der Waals surface area contributed by atoms with Gasteiger partial charge in [-0.2, -0.15) is 4.68 Å². The highest BCUT2D eigenvalue weighted by atomic mass is 32.2. The largest absolute Gasteiger partial charge is 0.494 e. The van der Waals surface area contributed by atoms with Crippen LogP contribution in [0.3, 0.4) is 0 Å². The fraction of sp³-hybridized carbons (Fsp3) is 0.176. The Morgan fingerprint density at radius 2 is 1.97 bits per heavy atom. The van der Waals surface area contributed by atoms with Crippen molar-refractivity contribution in [3.05, 3.63) is 57.9 Å². The molecule has 0 fully saturated rings. The summed E-state index contributed by atoms with van der Waals surface area (Å²) in [6.07, 6.45) is 0.901. The third-order valence-corrected chi connectivity index (χ3v) is 5.17. The van der Waals surface area contributed by atoms with Crippen molar-refractivity contribution in [2.24, 2.45) is 0 Å². The molecule has 1 heterocycles. The van der Waals surface area contributed by atoms with Crippen molar-refractivity contribution in [1.82, 2.24) is 20.2 Å². The lowest BCUT2D eigenvalue weighted by Gasteiger charge is -2.12. The fourth-order valence-electron chi connectivity index (χ4n) is 2.62. The quantitative estimate of drug-likeness (QED) is 0.450. The summed E-state index contributed by atoms with van der Waals surface area (Å²) < 4.78 is 30.4. The molecule has 1 amide bonds. The number of methoxy groups -OCH3 is 1. The smallest absolute Gasteiger partial charge is 0.271 e. The van der Waals surface area contributed by atoms with Gasteiger partial charge in [-0.15, -0.1) is 5.10 Å². The summed E-state index contributed by atoms with van der Waals surface area (Å²) >= 11 is 0. The van der Waals surface area contributed by atoms with E-state index in [1.165, 1.54) is 11.8 Å². The zero-order chi connectivity index (χ0) is 22.1. The average Bonchev–Trinajstić information content (AvgIpc) is 3.12. The number of nitrogens with one attached hydrogen (secondary N) is 1. The van der Waals surface area contributed by atoms with Crippen LogP contribution in [0.5, 0.6) is 5.75 Å². The lowest BCUT2D eigenvalue weighted by Crippen LogP contribution is -2.14. The molecule has 0 saturated carbocycles. The Balaban J connectivity index is 2.00. The predicted molar refractivity (Wildman–Crippen MR) is 105 cm³/mol. The van der Waals surface area contributed by atoms with Gasteiger partial charge in [-0.05, 0) is 41.6 Å². The molecule has 3 rings (SSSR count). The van der Waals surface area contributed by atoms with Crippen LogP contribution >= 0.6 is 0 Å². The lowest BCUT2D eigenvalue weighted by atomic mass is 10.1. The number of carbonyl (C=O) groups excluding carboxylic acids is 1. The number of rotatable bonds is 6. The number of non-ortho nitro benzene ring substituents is 1. The number of anilines is 1. The second-order valence-corrected chi connectivity index (χ2v) is 8.24. The molecule has 0 saturated heterocycles. The van der Waals surface area contributed by atoms with Gasteiger partial charge in [-0.3, -0.25) is 14.9 Å². The van der Waals surface area contributed by atoms with Crippen LogP contribution in [0.15, 0.2) is 41.3 Å². The van der Waals surface area contributed by atoms with Gasteiger partial charge in [0.2, 0.25) is 0 Å². The van der Waals surface area contributed by atoms with Crippen molar-refractivity contribution in [3.8, 4) is 11.4 Å². The minimum absolute atomic E-state index is 0.180. The summed E-state index contributed by atoms with van der Waals surface area (Å²) in [6.45, 7) is 1.68. The van der Waals surface area contributed by atoms with Crippen molar-refractivity contribution in [3.63, 3.8) is 0 Å². The number of nitrogens with zero attached hydrogens (tertiary/aromatic N) is 5. The van der Waals surface area contributed by atoms with Crippen molar-refractivity contribution in [1.29, 1.82) is 0 Å². The minimum Gasteiger partial charge on any atom is -0.494 e. The first-order valence-corrected chi connectivity index (χ1v) is 10.2. The highest BCUT2D eigenvalue weighted by molar-refractivity contribution is 7.90. The molecule has 156 valence electrons. The Morgan fingerprint density at radius 1 is 1.23 bits per heavy atom. The van der Waals surface area contributed by atoms with Crippen LogP contribution < -0.4 is 10.1 Å². The maximum absolute atomic E-state index is 12.7. The van der Waals surface area contributed by atoms with Crippen LogP contribution in [0.2, 0.25) is 0 Å². The van der Waals surface area contributed by atoms with Gasteiger partial charge in [-0.25, -0.2) is 8.42 Å². The number of aryl methyl sites for hydroxylation is 1. The number of benzene rings is 2. The second kappa shape index (κ2) is 7.87. The number of carbonyl (C=O) groups is 1. The number of amides is 1. The summed E-state index contributed by atoms with van der Waals surface area (Å²) in [5.74, 6) is 0.194. The zero-order valence-electron chi connectivity index (χ0n) is 16.1. The summed E-state index contributed by atoms with van der Waals surface area (Å²) in [5.41, 5.74) is 0.0789. The number of nitro benzene ring substituents is 1. The standard InChI is InChI=1S/C17H16N6O6S/c1-10-19-20-21-22(10)15-8-12(4-5-16(15)29-2)18-17(24)11-6-13(23(25)26)9-14(7-11)30(3,27)28/h4-9H,1-3H3,(H,18,24). The first-order valence-electron chi connectivity index (χ1n) is 8.34. The molecular formula is C17H16N6O6S. The molecule has 0 aliphatic rings.